The van der Waals surface area contributed by atoms with Crippen molar-refractivity contribution >= 4 is 5.91 Å². The minimum atomic E-state index is -0.250. The molecule has 2 aromatic rings. The molecule has 0 radical (unpaired) electrons. The highest BCUT2D eigenvalue weighted by atomic mass is 19.1. The summed E-state index contributed by atoms with van der Waals surface area (Å²) < 4.78 is 13.1. The summed E-state index contributed by atoms with van der Waals surface area (Å²) in [6.45, 7) is 11.0. The van der Waals surface area contributed by atoms with Crippen molar-refractivity contribution in [3.8, 4) is 11.3 Å². The first kappa shape index (κ1) is 22.1. The standard InChI is InChI=1S/C22H33FN4O/c1-15(2)27(16(3)4)22(28)17(5)26(6)13-7-8-20-14-21(25-24-20)18-9-11-19(23)12-10-18/h9-12,14-17H,7-8,13H2,1-6H3,(H,24,25). The Balaban J connectivity index is 1.87. The van der Waals surface area contributed by atoms with Gasteiger partial charge in [-0.3, -0.25) is 14.8 Å². The number of hydrogen-bond acceptors (Lipinski definition) is 3. The molecule has 0 aliphatic rings. The second kappa shape index (κ2) is 9.82. The van der Waals surface area contributed by atoms with Crippen LogP contribution >= 0.6 is 0 Å². The van der Waals surface area contributed by atoms with Crippen LogP contribution < -0.4 is 0 Å². The Morgan fingerprint density at radius 1 is 1.11 bits per heavy atom. The number of H-pyrrole nitrogens is 1. The first-order valence-electron chi connectivity index (χ1n) is 10.0. The highest BCUT2D eigenvalue weighted by Crippen LogP contribution is 2.19. The summed E-state index contributed by atoms with van der Waals surface area (Å²) in [5.41, 5.74) is 2.75. The van der Waals surface area contributed by atoms with E-state index >= 15 is 0 Å². The average Bonchev–Trinajstić information content (AvgIpc) is 3.09. The number of halogens is 1. The van der Waals surface area contributed by atoms with Gasteiger partial charge in [-0.05, 0) is 91.4 Å². The summed E-state index contributed by atoms with van der Waals surface area (Å²) in [5.74, 6) is -0.0765. The van der Waals surface area contributed by atoms with Gasteiger partial charge in [-0.25, -0.2) is 4.39 Å². The number of benzene rings is 1. The monoisotopic (exact) mass is 388 g/mol. The zero-order chi connectivity index (χ0) is 20.8. The second-order valence-corrected chi connectivity index (χ2v) is 7.98. The van der Waals surface area contributed by atoms with Crippen molar-refractivity contribution < 1.29 is 9.18 Å². The lowest BCUT2D eigenvalue weighted by Crippen LogP contribution is -2.51. The molecule has 5 nitrogen and oxygen atoms in total. The SMILES string of the molecule is CC(C(=O)N(C(C)C)C(C)C)N(C)CCCc1cc(-c2ccc(F)cc2)n[nH]1. The Morgan fingerprint density at radius 2 is 1.71 bits per heavy atom. The van der Waals surface area contributed by atoms with Crippen LogP contribution in [0.2, 0.25) is 0 Å². The molecule has 0 spiro atoms. The Bertz CT molecular complexity index is 746. The van der Waals surface area contributed by atoms with Crippen LogP contribution in [0.4, 0.5) is 4.39 Å². The molecule has 0 saturated heterocycles. The molecule has 1 N–H and O–H groups in total. The van der Waals surface area contributed by atoms with Crippen molar-refractivity contribution in [1.29, 1.82) is 0 Å². The Kier molecular flexibility index (Phi) is 7.75. The molecule has 0 fully saturated rings. The third-order valence-electron chi connectivity index (χ3n) is 5.11. The fourth-order valence-corrected chi connectivity index (χ4v) is 3.48. The highest BCUT2D eigenvalue weighted by molar-refractivity contribution is 5.82. The van der Waals surface area contributed by atoms with E-state index in [0.29, 0.717) is 0 Å². The number of carbonyl (C=O) groups is 1. The Labute approximate surface area is 167 Å². The van der Waals surface area contributed by atoms with Crippen molar-refractivity contribution in [1.82, 2.24) is 20.0 Å². The predicted molar refractivity (Wildman–Crippen MR) is 112 cm³/mol. The van der Waals surface area contributed by atoms with Crippen LogP contribution in [0.5, 0.6) is 0 Å². The van der Waals surface area contributed by atoms with Gasteiger partial charge in [-0.1, -0.05) is 0 Å². The summed E-state index contributed by atoms with van der Waals surface area (Å²) in [4.78, 5) is 16.9. The highest BCUT2D eigenvalue weighted by Gasteiger charge is 2.27. The van der Waals surface area contributed by atoms with Crippen molar-refractivity contribution in [2.75, 3.05) is 13.6 Å². The molecular weight excluding hydrogens is 355 g/mol. The maximum atomic E-state index is 13.1. The number of amides is 1. The Hall–Kier alpha value is -2.21. The number of aryl methyl sites for hydroxylation is 1. The predicted octanol–water partition coefficient (Wildman–Crippen LogP) is 4.11. The summed E-state index contributed by atoms with van der Waals surface area (Å²) in [6.07, 6.45) is 1.76. The number of rotatable bonds is 9. The van der Waals surface area contributed by atoms with Crippen LogP contribution in [0.25, 0.3) is 11.3 Å². The molecule has 28 heavy (non-hydrogen) atoms. The molecule has 0 bridgehead atoms. The lowest BCUT2D eigenvalue weighted by Gasteiger charge is -2.35. The molecule has 1 aromatic heterocycles. The molecule has 1 atom stereocenters. The minimum Gasteiger partial charge on any atom is -0.336 e. The number of likely N-dealkylation sites (N-methyl/N-ethyl adjacent to an activating group) is 1. The number of nitrogens with zero attached hydrogens (tertiary/aromatic N) is 3. The van der Waals surface area contributed by atoms with Crippen LogP contribution in [0.15, 0.2) is 30.3 Å². The normalized spacial score (nSPS) is 12.8. The molecule has 2 rings (SSSR count). The fourth-order valence-electron chi connectivity index (χ4n) is 3.48. The van der Waals surface area contributed by atoms with Crippen LogP contribution in [-0.2, 0) is 11.2 Å². The third kappa shape index (κ3) is 5.64. The average molecular weight is 389 g/mol. The van der Waals surface area contributed by atoms with E-state index in [2.05, 4.69) is 42.8 Å². The molecule has 1 amide bonds. The van der Waals surface area contributed by atoms with Crippen LogP contribution in [0, 0.1) is 5.82 Å². The number of nitrogens with one attached hydrogen (secondary N) is 1. The van der Waals surface area contributed by atoms with E-state index in [0.717, 1.165) is 36.3 Å². The van der Waals surface area contributed by atoms with Gasteiger partial charge in [-0.15, -0.1) is 0 Å². The minimum absolute atomic E-state index is 0.152. The Morgan fingerprint density at radius 3 is 2.29 bits per heavy atom. The zero-order valence-electron chi connectivity index (χ0n) is 17.9. The molecule has 1 unspecified atom stereocenters. The smallest absolute Gasteiger partial charge is 0.240 e. The van der Waals surface area contributed by atoms with E-state index < -0.39 is 0 Å². The van der Waals surface area contributed by atoms with Gasteiger partial charge in [-0.2, -0.15) is 5.10 Å². The first-order valence-corrected chi connectivity index (χ1v) is 10.0. The quantitative estimate of drug-likeness (QED) is 0.703. The molecule has 1 aromatic carbocycles. The van der Waals surface area contributed by atoms with Gasteiger partial charge in [0, 0.05) is 23.3 Å². The van der Waals surface area contributed by atoms with E-state index in [1.165, 1.54) is 12.1 Å². The third-order valence-corrected chi connectivity index (χ3v) is 5.11. The summed E-state index contributed by atoms with van der Waals surface area (Å²) in [6, 6.07) is 8.57. The molecule has 154 valence electrons. The molecule has 1 heterocycles. The lowest BCUT2D eigenvalue weighted by atomic mass is 10.1. The summed E-state index contributed by atoms with van der Waals surface area (Å²) in [5, 5.41) is 7.37. The molecule has 0 saturated carbocycles. The van der Waals surface area contributed by atoms with E-state index in [1.54, 1.807) is 12.1 Å². The molecular formula is C22H33FN4O. The van der Waals surface area contributed by atoms with Gasteiger partial charge in [0.15, 0.2) is 0 Å². The van der Waals surface area contributed by atoms with Crippen LogP contribution in [-0.4, -0.2) is 57.6 Å². The van der Waals surface area contributed by atoms with E-state index in [4.69, 9.17) is 0 Å². The second-order valence-electron chi connectivity index (χ2n) is 7.98. The van der Waals surface area contributed by atoms with Gasteiger partial charge >= 0.3 is 0 Å². The van der Waals surface area contributed by atoms with Gasteiger partial charge in [0.2, 0.25) is 5.91 Å². The molecule has 0 aliphatic heterocycles. The van der Waals surface area contributed by atoms with Crippen molar-refractivity contribution in [3.05, 3.63) is 41.8 Å². The largest absolute Gasteiger partial charge is 0.336 e. The van der Waals surface area contributed by atoms with E-state index in [9.17, 15) is 9.18 Å². The maximum absolute atomic E-state index is 13.1. The van der Waals surface area contributed by atoms with Gasteiger partial charge < -0.3 is 4.90 Å². The van der Waals surface area contributed by atoms with Crippen molar-refractivity contribution in [2.45, 2.75) is 65.6 Å². The van der Waals surface area contributed by atoms with Crippen LogP contribution in [0.1, 0.15) is 46.7 Å². The van der Waals surface area contributed by atoms with Gasteiger partial charge in [0.25, 0.3) is 0 Å². The van der Waals surface area contributed by atoms with Crippen LogP contribution in [0.3, 0.4) is 0 Å². The summed E-state index contributed by atoms with van der Waals surface area (Å²) >= 11 is 0. The topological polar surface area (TPSA) is 52.2 Å². The van der Waals surface area contributed by atoms with Crippen molar-refractivity contribution in [2.24, 2.45) is 0 Å². The van der Waals surface area contributed by atoms with E-state index in [1.807, 2.05) is 24.9 Å². The van der Waals surface area contributed by atoms with Gasteiger partial charge in [0.05, 0.1) is 11.7 Å². The number of aromatic amines is 1. The fraction of sp³-hybridized carbons (Fsp3) is 0.545. The maximum Gasteiger partial charge on any atom is 0.240 e. The number of hydrogen-bond donors (Lipinski definition) is 1. The molecule has 0 aliphatic carbocycles. The lowest BCUT2D eigenvalue weighted by molar-refractivity contribution is -0.139. The number of aromatic nitrogens is 2. The number of carbonyl (C=O) groups excluding carboxylic acids is 1. The van der Waals surface area contributed by atoms with Gasteiger partial charge in [0.1, 0.15) is 5.82 Å². The van der Waals surface area contributed by atoms with Crippen molar-refractivity contribution in [3.63, 3.8) is 0 Å². The molecule has 6 heteroatoms. The zero-order valence-corrected chi connectivity index (χ0v) is 17.9. The first-order chi connectivity index (χ1) is 13.2. The van der Waals surface area contributed by atoms with E-state index in [-0.39, 0.29) is 29.8 Å². The summed E-state index contributed by atoms with van der Waals surface area (Å²) in [7, 11) is 2.00.